The summed E-state index contributed by atoms with van der Waals surface area (Å²) in [4.78, 5) is 107. The lowest BCUT2D eigenvalue weighted by molar-refractivity contribution is -0.148. The Hall–Kier alpha value is -7.27. The zero-order valence-electron chi connectivity index (χ0n) is 49.7. The largest absolute Gasteiger partial charge is 0.481 e. The van der Waals surface area contributed by atoms with Crippen LogP contribution in [0, 0.1) is 35.2 Å². The third-order valence-electron chi connectivity index (χ3n) is 16.3. The minimum atomic E-state index is -1.11. The number of halogens is 4. The van der Waals surface area contributed by atoms with E-state index in [1.54, 1.807) is 80.1 Å². The van der Waals surface area contributed by atoms with Crippen molar-refractivity contribution in [3.05, 3.63) is 125 Å². The molecule has 10 rings (SSSR count). The fraction of sp³-hybridized carbons (Fsp3) is 0.492. The number of piperazine rings is 2. The molecular weight excluding hydrogens is 1240 g/mol. The van der Waals surface area contributed by atoms with Crippen LogP contribution < -0.4 is 10.6 Å². The van der Waals surface area contributed by atoms with Gasteiger partial charge in [0.15, 0.2) is 33.3 Å². The summed E-state index contributed by atoms with van der Waals surface area (Å²) < 4.78 is 54.3. The van der Waals surface area contributed by atoms with Crippen molar-refractivity contribution < 1.29 is 61.6 Å². The number of urea groups is 2. The SMILES string of the molecule is CCOC(=O)C1=C(CN2CCN3C(=O)N(CC(C)(C)C(=O)O)CC3(C)C2)NC(c2nccs2)=NC1c1ccc(F)c(F)c1C.CCOC(=O)C1=C(CN2CCN3C(=O)N(CC(C)(C)C(=O)O)CC3(C)C2)NC(c2nccs2)=NC1c1ccc(F)cc1Br. The van der Waals surface area contributed by atoms with Gasteiger partial charge in [0.2, 0.25) is 0 Å². The van der Waals surface area contributed by atoms with E-state index >= 15 is 0 Å². The summed E-state index contributed by atoms with van der Waals surface area (Å²) in [5.74, 6) is -4.65. The Morgan fingerprint density at radius 3 is 1.53 bits per heavy atom. The highest BCUT2D eigenvalue weighted by molar-refractivity contribution is 9.10. The standard InChI is InChI=1S/C30H36F2N6O5S.C29H34BrFN6O5S/c1-6-43-26(39)21-20(13-36-10-11-38-28(42)37(16-30(38,5)15-36)14-29(3,4)27(40)41)34-24(25-33-9-12-44-25)35-23(21)18-7-8-19(31)22(32)17(18)2;1-5-42-25(38)21-20(33-23(24-32-8-11-43-24)34-22(21)18-7-6-17(31)12-19(18)30)13-35-9-10-37-27(41)36(16-29(37,4)15-35)14-28(2,3)26(39)40/h7-9,12,23H,6,10-11,13-16H2,1-5H3,(H,34,35)(H,40,41);6-8,11-12,22H,5,9-10,13-16H2,1-4H3,(H,33,34)(H,39,40). The Morgan fingerprint density at radius 2 is 1.13 bits per heavy atom. The van der Waals surface area contributed by atoms with Crippen LogP contribution in [0.5, 0.6) is 0 Å². The van der Waals surface area contributed by atoms with Crippen molar-refractivity contribution in [3.63, 3.8) is 0 Å². The first-order valence-corrected chi connectivity index (χ1v) is 30.9. The normalized spacial score (nSPS) is 22.7. The maximum atomic E-state index is 14.8. The molecule has 28 heteroatoms. The second kappa shape index (κ2) is 25.4. The predicted molar refractivity (Wildman–Crippen MR) is 321 cm³/mol. The average Bonchev–Trinajstić information content (AvgIpc) is 1.90. The molecule has 4 fully saturated rings. The topological polar surface area (TPSA) is 255 Å². The monoisotopic (exact) mass is 1310 g/mol. The van der Waals surface area contributed by atoms with E-state index in [0.29, 0.717) is 113 Å². The van der Waals surface area contributed by atoms with Crippen LogP contribution in [0.15, 0.2) is 90.5 Å². The first-order chi connectivity index (χ1) is 41.1. The number of hydrogen-bond acceptors (Lipinski definition) is 18. The van der Waals surface area contributed by atoms with Crippen molar-refractivity contribution in [2.24, 2.45) is 20.8 Å². The van der Waals surface area contributed by atoms with Crippen LogP contribution in [0.25, 0.3) is 0 Å². The fourth-order valence-corrected chi connectivity index (χ4v) is 13.7. The molecule has 4 unspecified atom stereocenters. The summed E-state index contributed by atoms with van der Waals surface area (Å²) in [7, 11) is 0. The molecule has 4 saturated heterocycles. The second-order valence-corrected chi connectivity index (χ2v) is 26.7. The lowest BCUT2D eigenvalue weighted by Gasteiger charge is -2.44. The molecule has 4 aromatic rings. The fourth-order valence-electron chi connectivity index (χ4n) is 12.0. The van der Waals surface area contributed by atoms with Gasteiger partial charge in [-0.15, -0.1) is 22.7 Å². The number of ether oxygens (including phenoxy) is 2. The van der Waals surface area contributed by atoms with E-state index in [9.17, 15) is 52.2 Å². The second-order valence-electron chi connectivity index (χ2n) is 24.0. The van der Waals surface area contributed by atoms with Gasteiger partial charge in [-0.25, -0.2) is 42.3 Å². The molecule has 2 aromatic heterocycles. The van der Waals surface area contributed by atoms with Crippen molar-refractivity contribution in [3.8, 4) is 0 Å². The Balaban J connectivity index is 0.000000208. The predicted octanol–water partition coefficient (Wildman–Crippen LogP) is 7.44. The van der Waals surface area contributed by atoms with E-state index in [4.69, 9.17) is 19.5 Å². The minimum Gasteiger partial charge on any atom is -0.481 e. The number of aliphatic carboxylic acids is 2. The van der Waals surface area contributed by atoms with Gasteiger partial charge in [-0.1, -0.05) is 28.1 Å². The number of esters is 2. The lowest BCUT2D eigenvalue weighted by Crippen LogP contribution is -2.60. The Morgan fingerprint density at radius 1 is 0.690 bits per heavy atom. The number of nitrogens with one attached hydrogen (secondary N) is 2. The van der Waals surface area contributed by atoms with Gasteiger partial charge in [0, 0.05) is 118 Å². The number of amides is 4. The van der Waals surface area contributed by atoms with Crippen LogP contribution in [-0.4, -0.2) is 200 Å². The maximum Gasteiger partial charge on any atom is 0.338 e. The highest BCUT2D eigenvalue weighted by Gasteiger charge is 2.53. The van der Waals surface area contributed by atoms with Gasteiger partial charge in [-0.2, -0.15) is 0 Å². The molecule has 6 aliphatic rings. The van der Waals surface area contributed by atoms with Crippen LogP contribution in [0.1, 0.15) is 94.2 Å². The molecule has 8 heterocycles. The number of carboxylic acid groups (broad SMARTS) is 2. The summed E-state index contributed by atoms with van der Waals surface area (Å²) in [5, 5.41) is 30.7. The molecule has 466 valence electrons. The first-order valence-electron chi connectivity index (χ1n) is 28.3. The number of fused-ring (bicyclic) bond motifs is 2. The van der Waals surface area contributed by atoms with Crippen LogP contribution in [-0.2, 0) is 28.7 Å². The maximum absolute atomic E-state index is 14.8. The summed E-state index contributed by atoms with van der Waals surface area (Å²) in [6.45, 7) is 19.8. The summed E-state index contributed by atoms with van der Waals surface area (Å²) in [6, 6.07) is 4.59. The molecule has 0 aliphatic carbocycles. The van der Waals surface area contributed by atoms with Crippen LogP contribution in [0.2, 0.25) is 0 Å². The highest BCUT2D eigenvalue weighted by atomic mass is 79.9. The number of amidine groups is 2. The molecule has 4 N–H and O–H groups in total. The van der Waals surface area contributed by atoms with Crippen LogP contribution >= 0.6 is 38.6 Å². The third kappa shape index (κ3) is 13.3. The molecule has 6 aliphatic heterocycles. The van der Waals surface area contributed by atoms with Crippen molar-refractivity contribution in [1.29, 1.82) is 0 Å². The number of thiazole rings is 2. The smallest absolute Gasteiger partial charge is 0.338 e. The zero-order valence-corrected chi connectivity index (χ0v) is 52.9. The molecule has 4 atom stereocenters. The molecule has 87 heavy (non-hydrogen) atoms. The van der Waals surface area contributed by atoms with Crippen molar-refractivity contribution in [2.75, 3.05) is 91.8 Å². The van der Waals surface area contributed by atoms with Crippen molar-refractivity contribution in [1.82, 2.24) is 50.0 Å². The number of carboxylic acids is 2. The van der Waals surface area contributed by atoms with Gasteiger partial charge in [-0.05, 0) is 97.2 Å². The van der Waals surface area contributed by atoms with Gasteiger partial charge in [0.1, 0.15) is 17.9 Å². The Kier molecular flexibility index (Phi) is 18.8. The molecule has 0 radical (unpaired) electrons. The number of aromatic nitrogens is 2. The van der Waals surface area contributed by atoms with E-state index in [2.05, 4.69) is 46.3 Å². The molecule has 0 bridgehead atoms. The molecule has 22 nitrogen and oxygen atoms in total. The van der Waals surface area contributed by atoms with Gasteiger partial charge < -0.3 is 49.9 Å². The summed E-state index contributed by atoms with van der Waals surface area (Å²) >= 11 is 6.20. The van der Waals surface area contributed by atoms with Crippen LogP contribution in [0.4, 0.5) is 22.8 Å². The number of rotatable bonds is 18. The van der Waals surface area contributed by atoms with Gasteiger partial charge >= 0.3 is 35.9 Å². The molecule has 0 spiro atoms. The van der Waals surface area contributed by atoms with Gasteiger partial charge in [-0.3, -0.25) is 29.4 Å². The van der Waals surface area contributed by atoms with Crippen molar-refractivity contribution >= 4 is 86.2 Å². The molecule has 4 amide bonds. The minimum absolute atomic E-state index is 0.0373. The van der Waals surface area contributed by atoms with Crippen LogP contribution in [0.3, 0.4) is 0 Å². The van der Waals surface area contributed by atoms with E-state index < -0.39 is 75.3 Å². The van der Waals surface area contributed by atoms with Crippen molar-refractivity contribution in [2.45, 2.75) is 85.5 Å². The molecule has 2 aromatic carbocycles. The zero-order chi connectivity index (χ0) is 63.1. The van der Waals surface area contributed by atoms with Gasteiger partial charge in [0.25, 0.3) is 0 Å². The molecule has 0 saturated carbocycles. The number of aliphatic imine (C=N–C) groups is 2. The lowest BCUT2D eigenvalue weighted by atomic mass is 9.91. The van der Waals surface area contributed by atoms with E-state index in [1.807, 2.05) is 24.1 Å². The number of nitrogens with zero attached hydrogens (tertiary/aromatic N) is 10. The number of carbonyl (C=O) groups is 6. The molecular formula is C59H70BrF3N12O10S2. The van der Waals surface area contributed by atoms with E-state index in [1.165, 1.54) is 47.8 Å². The summed E-state index contributed by atoms with van der Waals surface area (Å²) in [5.41, 5.74) is -0.813. The van der Waals surface area contributed by atoms with E-state index in [0.717, 1.165) is 6.07 Å². The number of benzene rings is 2. The highest BCUT2D eigenvalue weighted by Crippen LogP contribution is 2.41. The first kappa shape index (κ1) is 64.2. The Bertz CT molecular complexity index is 3490. The average molecular weight is 1310 g/mol. The Labute approximate surface area is 517 Å². The number of hydrogen-bond donors (Lipinski definition) is 4. The number of carbonyl (C=O) groups excluding carboxylic acids is 4. The van der Waals surface area contributed by atoms with E-state index in [-0.39, 0.29) is 56.0 Å². The third-order valence-corrected chi connectivity index (χ3v) is 18.6. The quantitative estimate of drug-likeness (QED) is 0.0706. The summed E-state index contributed by atoms with van der Waals surface area (Å²) in [6.07, 6.45) is 3.30. The van der Waals surface area contributed by atoms with Gasteiger partial charge in [0.05, 0.1) is 46.3 Å².